The highest BCUT2D eigenvalue weighted by Gasteiger charge is 2.24. The SMILES string of the molecule is CC1CCN(C(CO)c2ccc(C(C)(C)C)cc2)CC1. The first-order valence-electron chi connectivity index (χ1n) is 7.87. The van der Waals surface area contributed by atoms with Gasteiger partial charge in [-0.05, 0) is 48.4 Å². The summed E-state index contributed by atoms with van der Waals surface area (Å²) in [6, 6.07) is 8.98. The molecule has 1 aromatic carbocycles. The van der Waals surface area contributed by atoms with Crippen LogP contribution in [0.5, 0.6) is 0 Å². The van der Waals surface area contributed by atoms with E-state index in [1.165, 1.54) is 24.0 Å². The summed E-state index contributed by atoms with van der Waals surface area (Å²) >= 11 is 0. The first-order valence-corrected chi connectivity index (χ1v) is 7.87. The standard InChI is InChI=1S/C18H29NO/c1-14-9-11-19(12-10-14)17(13-20)15-5-7-16(8-6-15)18(2,3)4/h5-8,14,17,20H,9-13H2,1-4H3. The van der Waals surface area contributed by atoms with E-state index in [2.05, 4.69) is 56.9 Å². The van der Waals surface area contributed by atoms with Crippen molar-refractivity contribution in [2.75, 3.05) is 19.7 Å². The maximum atomic E-state index is 9.79. The molecule has 2 rings (SSSR count). The molecule has 2 nitrogen and oxygen atoms in total. The van der Waals surface area contributed by atoms with Gasteiger partial charge >= 0.3 is 0 Å². The molecule has 0 radical (unpaired) electrons. The lowest BCUT2D eigenvalue weighted by Crippen LogP contribution is -2.37. The van der Waals surface area contributed by atoms with Gasteiger partial charge < -0.3 is 5.11 Å². The van der Waals surface area contributed by atoms with E-state index in [-0.39, 0.29) is 18.1 Å². The Morgan fingerprint density at radius 2 is 1.70 bits per heavy atom. The topological polar surface area (TPSA) is 23.5 Å². The van der Waals surface area contributed by atoms with Crippen LogP contribution in [0.15, 0.2) is 24.3 Å². The van der Waals surface area contributed by atoms with Crippen LogP contribution in [0.2, 0.25) is 0 Å². The molecular weight excluding hydrogens is 246 g/mol. The normalized spacial score (nSPS) is 20.1. The Hall–Kier alpha value is -0.860. The number of hydrogen-bond donors (Lipinski definition) is 1. The average Bonchev–Trinajstić information content (AvgIpc) is 2.41. The van der Waals surface area contributed by atoms with Crippen LogP contribution in [-0.4, -0.2) is 29.7 Å². The summed E-state index contributed by atoms with van der Waals surface area (Å²) in [7, 11) is 0. The van der Waals surface area contributed by atoms with Crippen LogP contribution in [0.25, 0.3) is 0 Å². The van der Waals surface area contributed by atoms with Crippen LogP contribution in [-0.2, 0) is 5.41 Å². The first kappa shape index (κ1) is 15.5. The lowest BCUT2D eigenvalue weighted by atomic mass is 9.86. The second-order valence-electron chi connectivity index (χ2n) is 7.29. The third-order valence-electron chi connectivity index (χ3n) is 4.59. The molecule has 0 aromatic heterocycles. The summed E-state index contributed by atoms with van der Waals surface area (Å²) in [5.74, 6) is 0.828. The molecular formula is C18H29NO. The van der Waals surface area contributed by atoms with Gasteiger partial charge in [0.05, 0.1) is 12.6 Å². The molecule has 1 unspecified atom stereocenters. The lowest BCUT2D eigenvalue weighted by Gasteiger charge is -2.36. The van der Waals surface area contributed by atoms with E-state index in [1.807, 2.05) is 0 Å². The Labute approximate surface area is 123 Å². The van der Waals surface area contributed by atoms with Crippen LogP contribution in [0.4, 0.5) is 0 Å². The third kappa shape index (κ3) is 3.62. The molecule has 0 aliphatic carbocycles. The van der Waals surface area contributed by atoms with Crippen LogP contribution >= 0.6 is 0 Å². The summed E-state index contributed by atoms with van der Waals surface area (Å²) in [5.41, 5.74) is 2.79. The van der Waals surface area contributed by atoms with E-state index in [9.17, 15) is 5.11 Å². The van der Waals surface area contributed by atoms with Crippen molar-refractivity contribution < 1.29 is 5.11 Å². The highest BCUT2D eigenvalue weighted by atomic mass is 16.3. The molecule has 1 heterocycles. The molecule has 1 saturated heterocycles. The summed E-state index contributed by atoms with van der Waals surface area (Å²) in [6.45, 7) is 11.4. The fourth-order valence-electron chi connectivity index (χ4n) is 2.98. The number of nitrogens with zero attached hydrogens (tertiary/aromatic N) is 1. The van der Waals surface area contributed by atoms with Gasteiger partial charge in [0.2, 0.25) is 0 Å². The number of likely N-dealkylation sites (tertiary alicyclic amines) is 1. The Kier molecular flexibility index (Phi) is 4.87. The molecule has 1 atom stereocenters. The van der Waals surface area contributed by atoms with Crippen LogP contribution in [0.1, 0.15) is 57.7 Å². The van der Waals surface area contributed by atoms with E-state index < -0.39 is 0 Å². The van der Waals surface area contributed by atoms with Gasteiger partial charge in [-0.3, -0.25) is 4.90 Å². The summed E-state index contributed by atoms with van der Waals surface area (Å²) < 4.78 is 0. The molecule has 20 heavy (non-hydrogen) atoms. The fraction of sp³-hybridized carbons (Fsp3) is 0.667. The van der Waals surface area contributed by atoms with Crippen molar-refractivity contribution in [2.45, 2.75) is 52.0 Å². The number of aliphatic hydroxyl groups excluding tert-OH is 1. The zero-order valence-corrected chi connectivity index (χ0v) is 13.4. The number of hydrogen-bond acceptors (Lipinski definition) is 2. The van der Waals surface area contributed by atoms with Gasteiger partial charge in [0, 0.05) is 0 Å². The molecule has 1 fully saturated rings. The van der Waals surface area contributed by atoms with Crippen molar-refractivity contribution in [1.82, 2.24) is 4.90 Å². The van der Waals surface area contributed by atoms with Crippen LogP contribution < -0.4 is 0 Å². The zero-order chi connectivity index (χ0) is 14.8. The monoisotopic (exact) mass is 275 g/mol. The average molecular weight is 275 g/mol. The van der Waals surface area contributed by atoms with Gasteiger partial charge in [-0.1, -0.05) is 52.0 Å². The van der Waals surface area contributed by atoms with Crippen molar-refractivity contribution >= 4 is 0 Å². The van der Waals surface area contributed by atoms with E-state index in [0.717, 1.165) is 19.0 Å². The molecule has 0 bridgehead atoms. The van der Waals surface area contributed by atoms with Gasteiger partial charge in [0.1, 0.15) is 0 Å². The Bertz CT molecular complexity index is 410. The van der Waals surface area contributed by atoms with E-state index in [4.69, 9.17) is 0 Å². The van der Waals surface area contributed by atoms with Gasteiger partial charge in [-0.15, -0.1) is 0 Å². The number of benzene rings is 1. The summed E-state index contributed by atoms with van der Waals surface area (Å²) in [5, 5.41) is 9.79. The van der Waals surface area contributed by atoms with E-state index in [0.29, 0.717) is 0 Å². The van der Waals surface area contributed by atoms with Gasteiger partial charge in [-0.2, -0.15) is 0 Å². The number of piperidine rings is 1. The van der Waals surface area contributed by atoms with Crippen LogP contribution in [0, 0.1) is 5.92 Å². The smallest absolute Gasteiger partial charge is 0.0628 e. The Balaban J connectivity index is 2.11. The second kappa shape index (κ2) is 6.28. The summed E-state index contributed by atoms with van der Waals surface area (Å²) in [6.07, 6.45) is 2.49. The minimum atomic E-state index is 0.163. The highest BCUT2D eigenvalue weighted by Crippen LogP contribution is 2.28. The Morgan fingerprint density at radius 3 is 2.15 bits per heavy atom. The number of rotatable bonds is 3. The summed E-state index contributed by atoms with van der Waals surface area (Å²) in [4.78, 5) is 2.44. The van der Waals surface area contributed by atoms with Crippen molar-refractivity contribution in [1.29, 1.82) is 0 Å². The quantitative estimate of drug-likeness (QED) is 0.908. The molecule has 2 heteroatoms. The number of aliphatic hydroxyl groups is 1. The van der Waals surface area contributed by atoms with Gasteiger partial charge in [0.15, 0.2) is 0 Å². The minimum Gasteiger partial charge on any atom is -0.394 e. The van der Waals surface area contributed by atoms with Crippen LogP contribution in [0.3, 0.4) is 0 Å². The van der Waals surface area contributed by atoms with Crippen molar-refractivity contribution in [2.24, 2.45) is 5.92 Å². The maximum absolute atomic E-state index is 9.79. The molecule has 1 aromatic rings. The minimum absolute atomic E-state index is 0.163. The van der Waals surface area contributed by atoms with Crippen molar-refractivity contribution in [3.05, 3.63) is 35.4 Å². The molecule has 1 N–H and O–H groups in total. The van der Waals surface area contributed by atoms with Gasteiger partial charge in [0.25, 0.3) is 0 Å². The third-order valence-corrected chi connectivity index (χ3v) is 4.59. The largest absolute Gasteiger partial charge is 0.394 e. The molecule has 0 saturated carbocycles. The molecule has 112 valence electrons. The maximum Gasteiger partial charge on any atom is 0.0628 e. The molecule has 1 aliphatic heterocycles. The molecule has 0 spiro atoms. The fourth-order valence-corrected chi connectivity index (χ4v) is 2.98. The second-order valence-corrected chi connectivity index (χ2v) is 7.29. The van der Waals surface area contributed by atoms with E-state index >= 15 is 0 Å². The molecule has 0 amide bonds. The first-order chi connectivity index (χ1) is 9.41. The highest BCUT2D eigenvalue weighted by molar-refractivity contribution is 5.29. The van der Waals surface area contributed by atoms with Crippen molar-refractivity contribution in [3.63, 3.8) is 0 Å². The van der Waals surface area contributed by atoms with E-state index in [1.54, 1.807) is 0 Å². The van der Waals surface area contributed by atoms with Gasteiger partial charge in [-0.25, -0.2) is 0 Å². The predicted octanol–water partition coefficient (Wildman–Crippen LogP) is 3.75. The predicted molar refractivity (Wildman–Crippen MR) is 84.9 cm³/mol. The van der Waals surface area contributed by atoms with Crippen molar-refractivity contribution in [3.8, 4) is 0 Å². The lowest BCUT2D eigenvalue weighted by molar-refractivity contribution is 0.0896. The zero-order valence-electron chi connectivity index (χ0n) is 13.4. The Morgan fingerprint density at radius 1 is 1.15 bits per heavy atom. The molecule has 1 aliphatic rings.